The Morgan fingerprint density at radius 3 is 2.39 bits per heavy atom. The van der Waals surface area contributed by atoms with E-state index < -0.39 is 11.7 Å². The zero-order valence-electron chi connectivity index (χ0n) is 9.51. The predicted octanol–water partition coefficient (Wildman–Crippen LogP) is 4.92. The van der Waals surface area contributed by atoms with E-state index >= 15 is 0 Å². The maximum atomic E-state index is 12.4. The number of benzene rings is 1. The summed E-state index contributed by atoms with van der Waals surface area (Å²) in [4.78, 5) is 0. The van der Waals surface area contributed by atoms with Crippen molar-refractivity contribution in [2.45, 2.75) is 31.5 Å². The zero-order valence-corrected chi connectivity index (χ0v) is 11.1. The van der Waals surface area contributed by atoms with Crippen molar-refractivity contribution in [1.29, 1.82) is 0 Å². The normalized spacial score (nSPS) is 20.4. The van der Waals surface area contributed by atoms with Crippen molar-refractivity contribution in [2.75, 3.05) is 0 Å². The van der Waals surface area contributed by atoms with Gasteiger partial charge in [-0.1, -0.05) is 22.0 Å². The highest BCUT2D eigenvalue weighted by Crippen LogP contribution is 2.32. The molecule has 0 saturated heterocycles. The van der Waals surface area contributed by atoms with Gasteiger partial charge in [0, 0.05) is 4.48 Å². The highest BCUT2D eigenvalue weighted by molar-refractivity contribution is 9.11. The topological polar surface area (TPSA) is 9.23 Å². The van der Waals surface area contributed by atoms with Crippen LogP contribution in [-0.2, 0) is 6.18 Å². The summed E-state index contributed by atoms with van der Waals surface area (Å²) >= 11 is 3.41. The molecule has 1 atom stereocenters. The SMILES string of the molecule is FC(F)(F)c1ccc(OC2CCCC=C2Br)cc1. The van der Waals surface area contributed by atoms with Gasteiger partial charge in [-0.3, -0.25) is 0 Å². The van der Waals surface area contributed by atoms with Gasteiger partial charge in [-0.2, -0.15) is 13.2 Å². The minimum atomic E-state index is -4.30. The van der Waals surface area contributed by atoms with E-state index in [1.165, 1.54) is 12.1 Å². The Morgan fingerprint density at radius 2 is 1.83 bits per heavy atom. The lowest BCUT2D eigenvalue weighted by Crippen LogP contribution is -2.19. The molecule has 18 heavy (non-hydrogen) atoms. The Hall–Kier alpha value is -0.970. The van der Waals surface area contributed by atoms with Gasteiger partial charge >= 0.3 is 6.18 Å². The van der Waals surface area contributed by atoms with E-state index in [0.717, 1.165) is 35.9 Å². The Morgan fingerprint density at radius 1 is 1.17 bits per heavy atom. The van der Waals surface area contributed by atoms with Crippen LogP contribution in [0, 0.1) is 0 Å². The number of rotatable bonds is 2. The molecule has 2 rings (SSSR count). The van der Waals surface area contributed by atoms with E-state index in [4.69, 9.17) is 4.74 Å². The summed E-state index contributed by atoms with van der Waals surface area (Å²) < 4.78 is 43.8. The van der Waals surface area contributed by atoms with Crippen LogP contribution >= 0.6 is 15.9 Å². The number of alkyl halides is 3. The van der Waals surface area contributed by atoms with E-state index in [2.05, 4.69) is 15.9 Å². The largest absolute Gasteiger partial charge is 0.485 e. The smallest absolute Gasteiger partial charge is 0.416 e. The lowest BCUT2D eigenvalue weighted by molar-refractivity contribution is -0.137. The van der Waals surface area contributed by atoms with E-state index in [1.54, 1.807) is 0 Å². The second-order valence-corrected chi connectivity index (χ2v) is 5.06. The summed E-state index contributed by atoms with van der Waals surface area (Å²) in [5, 5.41) is 0. The van der Waals surface area contributed by atoms with Crippen LogP contribution in [0.25, 0.3) is 0 Å². The average Bonchev–Trinajstić information content (AvgIpc) is 2.32. The summed E-state index contributed by atoms with van der Waals surface area (Å²) in [6, 6.07) is 4.79. The average molecular weight is 321 g/mol. The van der Waals surface area contributed by atoms with Crippen LogP contribution < -0.4 is 4.74 Å². The molecule has 98 valence electrons. The molecule has 1 aromatic carbocycles. The third-order valence-electron chi connectivity index (χ3n) is 2.78. The molecule has 0 saturated carbocycles. The number of hydrogen-bond acceptors (Lipinski definition) is 1. The van der Waals surface area contributed by atoms with Crippen LogP contribution in [0.1, 0.15) is 24.8 Å². The van der Waals surface area contributed by atoms with Crippen molar-refractivity contribution < 1.29 is 17.9 Å². The summed E-state index contributed by atoms with van der Waals surface area (Å²) in [6.45, 7) is 0. The second-order valence-electron chi connectivity index (χ2n) is 4.15. The number of halogens is 4. The summed E-state index contributed by atoms with van der Waals surface area (Å²) in [5.41, 5.74) is -0.659. The highest BCUT2D eigenvalue weighted by Gasteiger charge is 2.30. The monoisotopic (exact) mass is 320 g/mol. The van der Waals surface area contributed by atoms with Gasteiger partial charge in [0.05, 0.1) is 5.56 Å². The van der Waals surface area contributed by atoms with Crippen LogP contribution in [0.3, 0.4) is 0 Å². The third-order valence-corrected chi connectivity index (χ3v) is 3.61. The molecule has 0 radical (unpaired) electrons. The molecule has 5 heteroatoms. The molecule has 0 bridgehead atoms. The lowest BCUT2D eigenvalue weighted by atomic mass is 10.1. The molecular formula is C13H12BrF3O. The van der Waals surface area contributed by atoms with Gasteiger partial charge in [0.15, 0.2) is 0 Å². The standard InChI is InChI=1S/C13H12BrF3O/c14-11-3-1-2-4-12(11)18-10-7-5-9(6-8-10)13(15,16)17/h3,5-8,12H,1-2,4H2. The van der Waals surface area contributed by atoms with Crippen molar-refractivity contribution in [3.05, 3.63) is 40.4 Å². The van der Waals surface area contributed by atoms with Crippen LogP contribution in [0.4, 0.5) is 13.2 Å². The van der Waals surface area contributed by atoms with Gasteiger partial charge in [-0.05, 0) is 43.5 Å². The van der Waals surface area contributed by atoms with Crippen LogP contribution in [0.5, 0.6) is 5.75 Å². The number of hydrogen-bond donors (Lipinski definition) is 0. The number of allylic oxidation sites excluding steroid dienone is 1. The van der Waals surface area contributed by atoms with Crippen molar-refractivity contribution in [1.82, 2.24) is 0 Å². The second kappa shape index (κ2) is 5.34. The van der Waals surface area contributed by atoms with Crippen LogP contribution in [-0.4, -0.2) is 6.10 Å². The fourth-order valence-corrected chi connectivity index (χ4v) is 2.37. The molecule has 1 unspecified atom stereocenters. The molecule has 0 aliphatic heterocycles. The molecule has 0 fully saturated rings. The summed E-state index contributed by atoms with van der Waals surface area (Å²) in [6.07, 6.45) is 0.559. The third kappa shape index (κ3) is 3.28. The van der Waals surface area contributed by atoms with Gasteiger partial charge in [0.25, 0.3) is 0 Å². The molecule has 0 spiro atoms. The Kier molecular flexibility index (Phi) is 4.00. The maximum absolute atomic E-state index is 12.4. The molecule has 1 nitrogen and oxygen atoms in total. The van der Waals surface area contributed by atoms with Crippen molar-refractivity contribution in [2.24, 2.45) is 0 Å². The first-order valence-electron chi connectivity index (χ1n) is 5.66. The predicted molar refractivity (Wildman–Crippen MR) is 66.7 cm³/mol. The van der Waals surface area contributed by atoms with E-state index in [1.807, 2.05) is 6.08 Å². The highest BCUT2D eigenvalue weighted by atomic mass is 79.9. The van der Waals surface area contributed by atoms with Crippen LogP contribution in [0.15, 0.2) is 34.8 Å². The lowest BCUT2D eigenvalue weighted by Gasteiger charge is -2.22. The fraction of sp³-hybridized carbons (Fsp3) is 0.385. The Balaban J connectivity index is 2.07. The quantitative estimate of drug-likeness (QED) is 0.751. The molecule has 1 aliphatic carbocycles. The first kappa shape index (κ1) is 13.5. The molecule has 0 aromatic heterocycles. The van der Waals surface area contributed by atoms with Crippen LogP contribution in [0.2, 0.25) is 0 Å². The molecule has 0 heterocycles. The van der Waals surface area contributed by atoms with E-state index in [-0.39, 0.29) is 6.10 Å². The molecule has 1 aliphatic rings. The summed E-state index contributed by atoms with van der Waals surface area (Å²) in [7, 11) is 0. The Labute approximate surface area is 112 Å². The maximum Gasteiger partial charge on any atom is 0.416 e. The minimum absolute atomic E-state index is 0.0875. The number of ether oxygens (including phenoxy) is 1. The van der Waals surface area contributed by atoms with E-state index in [9.17, 15) is 13.2 Å². The van der Waals surface area contributed by atoms with Crippen molar-refractivity contribution >= 4 is 15.9 Å². The Bertz CT molecular complexity index is 437. The molecule has 0 N–H and O–H groups in total. The van der Waals surface area contributed by atoms with Gasteiger partial charge in [-0.15, -0.1) is 0 Å². The molecular weight excluding hydrogens is 309 g/mol. The van der Waals surface area contributed by atoms with E-state index in [0.29, 0.717) is 5.75 Å². The molecule has 0 amide bonds. The van der Waals surface area contributed by atoms with Gasteiger partial charge in [0.2, 0.25) is 0 Å². The minimum Gasteiger partial charge on any atom is -0.485 e. The first-order chi connectivity index (χ1) is 8.47. The van der Waals surface area contributed by atoms with Crippen molar-refractivity contribution in [3.8, 4) is 5.75 Å². The van der Waals surface area contributed by atoms with Crippen molar-refractivity contribution in [3.63, 3.8) is 0 Å². The van der Waals surface area contributed by atoms with Gasteiger partial charge < -0.3 is 4.74 Å². The summed E-state index contributed by atoms with van der Waals surface area (Å²) in [5.74, 6) is 0.459. The zero-order chi connectivity index (χ0) is 13.2. The van der Waals surface area contributed by atoms with Gasteiger partial charge in [0.1, 0.15) is 11.9 Å². The fourth-order valence-electron chi connectivity index (χ4n) is 1.81. The first-order valence-corrected chi connectivity index (χ1v) is 6.45. The van der Waals surface area contributed by atoms with Gasteiger partial charge in [-0.25, -0.2) is 0 Å². The molecule has 1 aromatic rings.